The minimum atomic E-state index is -0.579. The van der Waals surface area contributed by atoms with Crippen LogP contribution in [0.4, 0.5) is 5.69 Å². The predicted molar refractivity (Wildman–Crippen MR) is 133 cm³/mol. The molecule has 0 spiro atoms. The Morgan fingerprint density at radius 3 is 2.41 bits per heavy atom. The van der Waals surface area contributed by atoms with Gasteiger partial charge in [0.2, 0.25) is 0 Å². The molecule has 1 N–H and O–H groups in total. The van der Waals surface area contributed by atoms with Crippen molar-refractivity contribution in [1.29, 1.82) is 0 Å². The van der Waals surface area contributed by atoms with Crippen molar-refractivity contribution in [3.63, 3.8) is 0 Å². The topological polar surface area (TPSA) is 68.3 Å². The zero-order valence-electron chi connectivity index (χ0n) is 17.1. The number of carbonyl (C=O) groups excluding carboxylic acids is 2. The van der Waals surface area contributed by atoms with Gasteiger partial charge < -0.3 is 10.1 Å². The van der Waals surface area contributed by atoms with Crippen molar-refractivity contribution < 1.29 is 14.3 Å². The van der Waals surface area contributed by atoms with Gasteiger partial charge in [0.05, 0.1) is 16.8 Å². The van der Waals surface area contributed by atoms with E-state index in [1.54, 1.807) is 12.1 Å². The Hall–Kier alpha value is -3.03. The first-order chi connectivity index (χ1) is 15.4. The third kappa shape index (κ3) is 5.06. The van der Waals surface area contributed by atoms with Crippen molar-refractivity contribution in [3.8, 4) is 11.3 Å². The van der Waals surface area contributed by atoms with Crippen LogP contribution in [0.15, 0.2) is 81.7 Å². The number of nitrogens with one attached hydrogen (secondary N) is 1. The Morgan fingerprint density at radius 2 is 1.66 bits per heavy atom. The SMILES string of the molecule is Cc1cc(Br)ccc1NC(=O)COC(=O)c1cc(-c2ccc(Br)cc2)nc2ccccc12. The molecule has 4 rings (SSSR count). The fourth-order valence-electron chi connectivity index (χ4n) is 3.28. The van der Waals surface area contributed by atoms with E-state index in [9.17, 15) is 9.59 Å². The van der Waals surface area contributed by atoms with Gasteiger partial charge in [-0.25, -0.2) is 9.78 Å². The second-order valence-electron chi connectivity index (χ2n) is 7.16. The number of fused-ring (bicyclic) bond motifs is 1. The van der Waals surface area contributed by atoms with Crippen LogP contribution in [-0.2, 0) is 9.53 Å². The highest BCUT2D eigenvalue weighted by Gasteiger charge is 2.17. The fourth-order valence-corrected chi connectivity index (χ4v) is 4.02. The number of rotatable bonds is 5. The molecule has 0 aliphatic rings. The first-order valence-corrected chi connectivity index (χ1v) is 11.4. The van der Waals surface area contributed by atoms with Crippen LogP contribution in [0.3, 0.4) is 0 Å². The molecule has 160 valence electrons. The van der Waals surface area contributed by atoms with Gasteiger partial charge >= 0.3 is 5.97 Å². The van der Waals surface area contributed by atoms with Crippen LogP contribution < -0.4 is 5.32 Å². The van der Waals surface area contributed by atoms with E-state index in [0.29, 0.717) is 27.8 Å². The molecular formula is C25H18Br2N2O3. The molecule has 1 heterocycles. The highest BCUT2D eigenvalue weighted by Crippen LogP contribution is 2.26. The maximum Gasteiger partial charge on any atom is 0.339 e. The maximum absolute atomic E-state index is 12.9. The minimum absolute atomic E-state index is 0.362. The Balaban J connectivity index is 1.56. The smallest absolute Gasteiger partial charge is 0.339 e. The second-order valence-corrected chi connectivity index (χ2v) is 8.99. The van der Waals surface area contributed by atoms with Gasteiger partial charge in [-0.1, -0.05) is 62.2 Å². The molecule has 1 amide bonds. The van der Waals surface area contributed by atoms with Crippen molar-refractivity contribution >= 4 is 60.3 Å². The lowest BCUT2D eigenvalue weighted by molar-refractivity contribution is -0.119. The molecule has 7 heteroatoms. The Morgan fingerprint density at radius 1 is 0.938 bits per heavy atom. The first-order valence-electron chi connectivity index (χ1n) is 9.79. The van der Waals surface area contributed by atoms with Crippen LogP contribution in [0, 0.1) is 6.92 Å². The Bertz CT molecular complexity index is 1320. The average Bonchev–Trinajstić information content (AvgIpc) is 2.79. The summed E-state index contributed by atoms with van der Waals surface area (Å²) >= 11 is 6.82. The largest absolute Gasteiger partial charge is 0.452 e. The van der Waals surface area contributed by atoms with E-state index >= 15 is 0 Å². The van der Waals surface area contributed by atoms with Crippen LogP contribution in [0.5, 0.6) is 0 Å². The maximum atomic E-state index is 12.9. The molecule has 0 aliphatic heterocycles. The van der Waals surface area contributed by atoms with Gasteiger partial charge in [0, 0.05) is 25.6 Å². The van der Waals surface area contributed by atoms with Gasteiger partial charge in [0.25, 0.3) is 5.91 Å². The molecule has 4 aromatic rings. The molecule has 0 saturated carbocycles. The number of halogens is 2. The van der Waals surface area contributed by atoms with E-state index in [4.69, 9.17) is 4.74 Å². The summed E-state index contributed by atoms with van der Waals surface area (Å²) in [5, 5.41) is 3.44. The number of para-hydroxylation sites is 1. The van der Waals surface area contributed by atoms with Crippen molar-refractivity contribution in [1.82, 2.24) is 4.98 Å². The van der Waals surface area contributed by atoms with E-state index < -0.39 is 18.5 Å². The number of aryl methyl sites for hydroxylation is 1. The quantitative estimate of drug-likeness (QED) is 0.285. The molecule has 5 nitrogen and oxygen atoms in total. The van der Waals surface area contributed by atoms with Crippen molar-refractivity contribution in [2.45, 2.75) is 6.92 Å². The fraction of sp³-hybridized carbons (Fsp3) is 0.0800. The van der Waals surface area contributed by atoms with Gasteiger partial charge in [-0.2, -0.15) is 0 Å². The van der Waals surface area contributed by atoms with Gasteiger partial charge in [0.15, 0.2) is 6.61 Å². The third-order valence-electron chi connectivity index (χ3n) is 4.87. The summed E-state index contributed by atoms with van der Waals surface area (Å²) in [7, 11) is 0. The number of carbonyl (C=O) groups is 2. The highest BCUT2D eigenvalue weighted by molar-refractivity contribution is 9.10. The molecule has 3 aromatic carbocycles. The molecule has 0 saturated heterocycles. The normalized spacial score (nSPS) is 10.7. The van der Waals surface area contributed by atoms with E-state index in [-0.39, 0.29) is 0 Å². The standard InChI is InChI=1S/C25H18Br2N2O3/c1-15-12-18(27)10-11-21(15)29-24(30)14-32-25(31)20-13-23(16-6-8-17(26)9-7-16)28-22-5-3-2-4-19(20)22/h2-13H,14H2,1H3,(H,29,30). The number of benzene rings is 3. The number of hydrogen-bond donors (Lipinski definition) is 1. The van der Waals surface area contributed by atoms with Crippen molar-refractivity contribution in [2.75, 3.05) is 11.9 Å². The number of nitrogens with zero attached hydrogens (tertiary/aromatic N) is 1. The number of pyridine rings is 1. The second kappa shape index (κ2) is 9.63. The van der Waals surface area contributed by atoms with Gasteiger partial charge in [-0.15, -0.1) is 0 Å². The van der Waals surface area contributed by atoms with Gasteiger partial charge in [-0.05, 0) is 55.0 Å². The number of ether oxygens (including phenoxy) is 1. The van der Waals surface area contributed by atoms with Crippen molar-refractivity contribution in [2.24, 2.45) is 0 Å². The summed E-state index contributed by atoms with van der Waals surface area (Å²) in [5.74, 6) is -0.986. The summed E-state index contributed by atoms with van der Waals surface area (Å²) in [6, 6.07) is 22.3. The summed E-state index contributed by atoms with van der Waals surface area (Å²) in [6.07, 6.45) is 0. The molecule has 0 fully saturated rings. The number of aromatic nitrogens is 1. The van der Waals surface area contributed by atoms with E-state index in [0.717, 1.165) is 20.1 Å². The zero-order valence-corrected chi connectivity index (χ0v) is 20.2. The lowest BCUT2D eigenvalue weighted by atomic mass is 10.0. The molecule has 0 unspecified atom stereocenters. The Kier molecular flexibility index (Phi) is 6.67. The molecule has 0 atom stereocenters. The van der Waals surface area contributed by atoms with Crippen LogP contribution in [0.1, 0.15) is 15.9 Å². The van der Waals surface area contributed by atoms with Gasteiger partial charge in [0.1, 0.15) is 0 Å². The van der Waals surface area contributed by atoms with Crippen molar-refractivity contribution in [3.05, 3.63) is 92.9 Å². The number of anilines is 1. The molecule has 0 bridgehead atoms. The first kappa shape index (κ1) is 22.2. The zero-order chi connectivity index (χ0) is 22.7. The average molecular weight is 554 g/mol. The molecule has 32 heavy (non-hydrogen) atoms. The van der Waals surface area contributed by atoms with E-state index in [1.807, 2.05) is 67.6 Å². The van der Waals surface area contributed by atoms with Gasteiger partial charge in [-0.3, -0.25) is 4.79 Å². The highest BCUT2D eigenvalue weighted by atomic mass is 79.9. The minimum Gasteiger partial charge on any atom is -0.452 e. The van der Waals surface area contributed by atoms with E-state index in [2.05, 4.69) is 42.2 Å². The summed E-state index contributed by atoms with van der Waals surface area (Å²) in [4.78, 5) is 30.0. The Labute approximate surface area is 202 Å². The summed E-state index contributed by atoms with van der Waals surface area (Å²) in [6.45, 7) is 1.50. The molecular weight excluding hydrogens is 536 g/mol. The van der Waals surface area contributed by atoms with Crippen LogP contribution >= 0.6 is 31.9 Å². The molecule has 0 aliphatic carbocycles. The molecule has 0 radical (unpaired) electrons. The van der Waals surface area contributed by atoms with Crippen LogP contribution in [0.25, 0.3) is 22.2 Å². The lowest BCUT2D eigenvalue weighted by Crippen LogP contribution is -2.21. The molecule has 1 aromatic heterocycles. The lowest BCUT2D eigenvalue weighted by Gasteiger charge is -2.11. The summed E-state index contributed by atoms with van der Waals surface area (Å²) in [5.41, 5.74) is 4.13. The number of esters is 1. The third-order valence-corrected chi connectivity index (χ3v) is 5.89. The van der Waals surface area contributed by atoms with Crippen LogP contribution in [-0.4, -0.2) is 23.5 Å². The monoisotopic (exact) mass is 552 g/mol. The summed E-state index contributed by atoms with van der Waals surface area (Å²) < 4.78 is 7.22. The number of amides is 1. The van der Waals surface area contributed by atoms with Crippen LogP contribution in [0.2, 0.25) is 0 Å². The van der Waals surface area contributed by atoms with E-state index in [1.165, 1.54) is 0 Å². The number of hydrogen-bond acceptors (Lipinski definition) is 4. The predicted octanol–water partition coefficient (Wildman–Crippen LogP) is 6.53.